The van der Waals surface area contributed by atoms with E-state index in [4.69, 9.17) is 5.73 Å². The number of hydrogen-bond donors (Lipinski definition) is 1. The van der Waals surface area contributed by atoms with E-state index in [0.29, 0.717) is 13.1 Å². The van der Waals surface area contributed by atoms with Crippen molar-refractivity contribution in [2.45, 2.75) is 12.5 Å². The second-order valence-corrected chi connectivity index (χ2v) is 4.22. The lowest BCUT2D eigenvalue weighted by Crippen LogP contribution is -2.30. The molecule has 0 aliphatic carbocycles. The van der Waals surface area contributed by atoms with Crippen LogP contribution in [0.4, 0.5) is 4.39 Å². The number of likely N-dealkylation sites (tertiary alicyclic amines) is 1. The Kier molecular flexibility index (Phi) is 3.54. The lowest BCUT2D eigenvalue weighted by molar-refractivity contribution is -0.124. The number of benzene rings is 1. The molecule has 1 atom stereocenters. The molecule has 1 aromatic carbocycles. The van der Waals surface area contributed by atoms with E-state index in [1.54, 1.807) is 23.1 Å². The predicted molar refractivity (Wildman–Crippen MR) is 64.6 cm³/mol. The fraction of sp³-hybridized carbons (Fsp3) is 0.308. The summed E-state index contributed by atoms with van der Waals surface area (Å²) in [6.45, 7) is 1.33. The summed E-state index contributed by atoms with van der Waals surface area (Å²) in [7, 11) is 0. The van der Waals surface area contributed by atoms with Gasteiger partial charge in [-0.15, -0.1) is 0 Å². The molecule has 4 heteroatoms. The van der Waals surface area contributed by atoms with Gasteiger partial charge >= 0.3 is 0 Å². The summed E-state index contributed by atoms with van der Waals surface area (Å²) in [5.41, 5.74) is 6.54. The zero-order valence-corrected chi connectivity index (χ0v) is 9.47. The van der Waals surface area contributed by atoms with E-state index in [1.807, 2.05) is 0 Å². The van der Waals surface area contributed by atoms with Crippen molar-refractivity contribution in [2.75, 3.05) is 13.1 Å². The summed E-state index contributed by atoms with van der Waals surface area (Å²) in [6, 6.07) is 6.10. The Morgan fingerprint density at radius 2 is 2.12 bits per heavy atom. The van der Waals surface area contributed by atoms with E-state index in [9.17, 15) is 9.18 Å². The van der Waals surface area contributed by atoms with Crippen LogP contribution >= 0.6 is 0 Å². The maximum atomic E-state index is 12.7. The van der Waals surface area contributed by atoms with Gasteiger partial charge in [-0.3, -0.25) is 4.79 Å². The van der Waals surface area contributed by atoms with Crippen molar-refractivity contribution < 1.29 is 9.18 Å². The van der Waals surface area contributed by atoms with Crippen LogP contribution in [-0.2, 0) is 4.79 Å². The van der Waals surface area contributed by atoms with Gasteiger partial charge in [-0.05, 0) is 30.2 Å². The highest BCUT2D eigenvalue weighted by molar-refractivity contribution is 5.92. The minimum Gasteiger partial charge on any atom is -0.338 e. The highest BCUT2D eigenvalue weighted by Gasteiger charge is 2.21. The number of nitrogens with zero attached hydrogens (tertiary/aromatic N) is 1. The number of hydrogen-bond acceptors (Lipinski definition) is 2. The standard InChI is InChI=1S/C13H15FN2O/c14-11-4-1-10(2-5-11)3-6-13(17)16-8-7-12(15)9-16/h1-6,12H,7-9,15H2/b6-3+/t12-/m0/s1. The van der Waals surface area contributed by atoms with Crippen LogP contribution in [-0.4, -0.2) is 29.9 Å². The Morgan fingerprint density at radius 1 is 1.41 bits per heavy atom. The molecular weight excluding hydrogens is 219 g/mol. The Balaban J connectivity index is 1.96. The lowest BCUT2D eigenvalue weighted by atomic mass is 10.2. The molecule has 2 rings (SSSR count). The SMILES string of the molecule is N[C@H]1CCN(C(=O)/C=C/c2ccc(F)cc2)C1. The quantitative estimate of drug-likeness (QED) is 0.786. The zero-order chi connectivity index (χ0) is 12.3. The van der Waals surface area contributed by atoms with E-state index >= 15 is 0 Å². The van der Waals surface area contributed by atoms with Crippen LogP contribution in [0.2, 0.25) is 0 Å². The fourth-order valence-corrected chi connectivity index (χ4v) is 1.83. The number of nitrogens with two attached hydrogens (primary N) is 1. The van der Waals surface area contributed by atoms with E-state index in [2.05, 4.69) is 0 Å². The topological polar surface area (TPSA) is 46.3 Å². The molecule has 1 aliphatic heterocycles. The number of carbonyl (C=O) groups excluding carboxylic acids is 1. The molecule has 3 nitrogen and oxygen atoms in total. The van der Waals surface area contributed by atoms with E-state index < -0.39 is 0 Å². The van der Waals surface area contributed by atoms with E-state index in [-0.39, 0.29) is 17.8 Å². The third-order valence-corrected chi connectivity index (χ3v) is 2.82. The summed E-state index contributed by atoms with van der Waals surface area (Å²) < 4.78 is 12.7. The first-order chi connectivity index (χ1) is 8.15. The van der Waals surface area contributed by atoms with Gasteiger partial charge in [0.25, 0.3) is 0 Å². The van der Waals surface area contributed by atoms with Crippen molar-refractivity contribution in [2.24, 2.45) is 5.73 Å². The van der Waals surface area contributed by atoms with Crippen molar-refractivity contribution in [3.8, 4) is 0 Å². The normalized spacial score (nSPS) is 20.1. The summed E-state index contributed by atoms with van der Waals surface area (Å²) >= 11 is 0. The van der Waals surface area contributed by atoms with Crippen molar-refractivity contribution >= 4 is 12.0 Å². The Bertz CT molecular complexity index is 428. The van der Waals surface area contributed by atoms with Gasteiger partial charge in [-0.1, -0.05) is 12.1 Å². The Labute approximate surface area is 99.7 Å². The average Bonchev–Trinajstić information content (AvgIpc) is 2.75. The van der Waals surface area contributed by atoms with Crippen molar-refractivity contribution in [3.05, 3.63) is 41.7 Å². The highest BCUT2D eigenvalue weighted by Crippen LogP contribution is 2.09. The molecule has 1 aromatic rings. The van der Waals surface area contributed by atoms with E-state index in [1.165, 1.54) is 18.2 Å². The van der Waals surface area contributed by atoms with Crippen LogP contribution in [0.5, 0.6) is 0 Å². The molecule has 1 heterocycles. The first-order valence-corrected chi connectivity index (χ1v) is 5.63. The second-order valence-electron chi connectivity index (χ2n) is 4.22. The summed E-state index contributed by atoms with van der Waals surface area (Å²) in [5.74, 6) is -0.318. The summed E-state index contributed by atoms with van der Waals surface area (Å²) in [5, 5.41) is 0. The highest BCUT2D eigenvalue weighted by atomic mass is 19.1. The average molecular weight is 234 g/mol. The molecule has 0 spiro atoms. The first kappa shape index (κ1) is 11.8. The van der Waals surface area contributed by atoms with Crippen LogP contribution in [0.25, 0.3) is 6.08 Å². The van der Waals surface area contributed by atoms with Crippen LogP contribution in [0.3, 0.4) is 0 Å². The van der Waals surface area contributed by atoms with Crippen LogP contribution in [0.1, 0.15) is 12.0 Å². The summed E-state index contributed by atoms with van der Waals surface area (Å²) in [6.07, 6.45) is 4.05. The number of halogens is 1. The first-order valence-electron chi connectivity index (χ1n) is 5.63. The van der Waals surface area contributed by atoms with Gasteiger partial charge in [0.1, 0.15) is 5.82 Å². The van der Waals surface area contributed by atoms with Crippen LogP contribution in [0.15, 0.2) is 30.3 Å². The maximum absolute atomic E-state index is 12.7. The van der Waals surface area contributed by atoms with Gasteiger partial charge in [-0.25, -0.2) is 4.39 Å². The number of carbonyl (C=O) groups is 1. The van der Waals surface area contributed by atoms with Gasteiger partial charge in [0, 0.05) is 25.2 Å². The molecule has 17 heavy (non-hydrogen) atoms. The molecule has 90 valence electrons. The molecule has 0 saturated carbocycles. The largest absolute Gasteiger partial charge is 0.338 e. The van der Waals surface area contributed by atoms with Crippen molar-refractivity contribution in [1.29, 1.82) is 0 Å². The minimum atomic E-state index is -0.279. The molecule has 0 unspecified atom stereocenters. The molecule has 1 amide bonds. The molecule has 2 N–H and O–H groups in total. The van der Waals surface area contributed by atoms with Crippen molar-refractivity contribution in [3.63, 3.8) is 0 Å². The molecule has 0 radical (unpaired) electrons. The monoisotopic (exact) mass is 234 g/mol. The molecular formula is C13H15FN2O. The van der Waals surface area contributed by atoms with Crippen molar-refractivity contribution in [1.82, 2.24) is 4.90 Å². The number of amides is 1. The van der Waals surface area contributed by atoms with Gasteiger partial charge in [-0.2, -0.15) is 0 Å². The maximum Gasteiger partial charge on any atom is 0.246 e. The minimum absolute atomic E-state index is 0.0396. The zero-order valence-electron chi connectivity index (χ0n) is 9.47. The second kappa shape index (κ2) is 5.10. The molecule has 1 aliphatic rings. The third-order valence-electron chi connectivity index (χ3n) is 2.82. The van der Waals surface area contributed by atoms with Gasteiger partial charge in [0.2, 0.25) is 5.91 Å². The lowest BCUT2D eigenvalue weighted by Gasteiger charge is -2.12. The Morgan fingerprint density at radius 3 is 2.71 bits per heavy atom. The molecule has 1 saturated heterocycles. The third kappa shape index (κ3) is 3.14. The predicted octanol–water partition coefficient (Wildman–Crippen LogP) is 1.40. The Hall–Kier alpha value is -1.68. The molecule has 1 fully saturated rings. The van der Waals surface area contributed by atoms with E-state index in [0.717, 1.165) is 12.0 Å². The fourth-order valence-electron chi connectivity index (χ4n) is 1.83. The van der Waals surface area contributed by atoms with Gasteiger partial charge < -0.3 is 10.6 Å². The summed E-state index contributed by atoms with van der Waals surface area (Å²) in [4.78, 5) is 13.5. The van der Waals surface area contributed by atoms with Crippen LogP contribution < -0.4 is 5.73 Å². The molecule has 0 aromatic heterocycles. The van der Waals surface area contributed by atoms with Crippen LogP contribution in [0, 0.1) is 5.82 Å². The molecule has 0 bridgehead atoms. The van der Waals surface area contributed by atoms with Gasteiger partial charge in [0.15, 0.2) is 0 Å². The van der Waals surface area contributed by atoms with Gasteiger partial charge in [0.05, 0.1) is 0 Å². The number of rotatable bonds is 2. The smallest absolute Gasteiger partial charge is 0.246 e.